The van der Waals surface area contributed by atoms with Gasteiger partial charge >= 0.3 is 8.74 Å². The highest BCUT2D eigenvalue weighted by Crippen LogP contribution is 2.41. The average Bonchev–Trinajstić information content (AvgIpc) is 1.86. The van der Waals surface area contributed by atoms with Crippen LogP contribution < -0.4 is 0 Å². The smallest absolute Gasteiger partial charge is 0.269 e. The van der Waals surface area contributed by atoms with E-state index in [4.69, 9.17) is 10.5 Å². The van der Waals surface area contributed by atoms with Crippen molar-refractivity contribution in [3.05, 3.63) is 0 Å². The molecule has 0 saturated carbocycles. The molecule has 0 aliphatic heterocycles. The zero-order valence-corrected chi connectivity index (χ0v) is 7.36. The van der Waals surface area contributed by atoms with E-state index >= 15 is 0 Å². The van der Waals surface area contributed by atoms with Crippen LogP contribution in [-0.2, 0) is 0 Å². The summed E-state index contributed by atoms with van der Waals surface area (Å²) < 4.78 is 25.4. The molecule has 60 valence electrons. The van der Waals surface area contributed by atoms with Crippen molar-refractivity contribution in [1.29, 1.82) is 10.5 Å². The van der Waals surface area contributed by atoms with E-state index in [-0.39, 0.29) is 6.42 Å². The Labute approximate surface area is 65.4 Å². The molecule has 0 spiro atoms. The lowest BCUT2D eigenvalue weighted by molar-refractivity contribution is 0.524. The van der Waals surface area contributed by atoms with E-state index in [0.29, 0.717) is 0 Å². The normalized spacial score (nSPS) is 16.2. The van der Waals surface area contributed by atoms with Crippen molar-refractivity contribution in [2.45, 2.75) is 24.9 Å². The minimum atomic E-state index is -4.52. The van der Waals surface area contributed by atoms with Crippen LogP contribution in [0.5, 0.6) is 0 Å². The van der Waals surface area contributed by atoms with Gasteiger partial charge in [0.2, 0.25) is 0 Å². The van der Waals surface area contributed by atoms with Crippen LogP contribution in [0.15, 0.2) is 0 Å². The van der Waals surface area contributed by atoms with Gasteiger partial charge in [0.1, 0.15) is 5.04 Å². The van der Waals surface area contributed by atoms with Crippen LogP contribution in [0, 0.1) is 22.7 Å². The van der Waals surface area contributed by atoms with E-state index in [0.717, 1.165) is 13.5 Å². The third kappa shape index (κ3) is 1.99. The molecule has 0 saturated heterocycles. The molecule has 11 heavy (non-hydrogen) atoms. The Hall–Kier alpha value is -0.943. The number of nitrogens with zero attached hydrogens (tertiary/aromatic N) is 2. The molecule has 1 atom stereocenters. The van der Waals surface area contributed by atoms with Gasteiger partial charge in [-0.3, -0.25) is 8.22 Å². The molecular weight excluding hydrogens is 166 g/mol. The zero-order valence-electron chi connectivity index (χ0n) is 6.36. The standard InChI is InChI=1S/C6H8F2N2Si/c1-6(5-10,3-4-9)11(2,7)8/h3H2,1-2H3. The molecule has 0 radical (unpaired) electrons. The molecule has 0 aromatic rings. The van der Waals surface area contributed by atoms with Crippen LogP contribution in [0.4, 0.5) is 8.22 Å². The summed E-state index contributed by atoms with van der Waals surface area (Å²) in [7, 11) is -4.52. The van der Waals surface area contributed by atoms with Gasteiger partial charge in [-0.05, 0) is 13.5 Å². The summed E-state index contributed by atoms with van der Waals surface area (Å²) >= 11 is 0. The van der Waals surface area contributed by atoms with Gasteiger partial charge in [0.05, 0.1) is 18.6 Å². The first-order valence-corrected chi connectivity index (χ1v) is 5.29. The van der Waals surface area contributed by atoms with Crippen LogP contribution in [0.1, 0.15) is 13.3 Å². The second-order valence-corrected chi connectivity index (χ2v) is 5.55. The van der Waals surface area contributed by atoms with E-state index in [1.807, 2.05) is 0 Å². The van der Waals surface area contributed by atoms with Crippen LogP contribution in [0.3, 0.4) is 0 Å². The first-order chi connectivity index (χ1) is 4.87. The Kier molecular flexibility index (Phi) is 2.72. The summed E-state index contributed by atoms with van der Waals surface area (Å²) in [5, 5.41) is 14.9. The van der Waals surface area contributed by atoms with Gasteiger partial charge < -0.3 is 0 Å². The molecule has 0 fully saturated rings. The molecule has 0 heterocycles. The summed E-state index contributed by atoms with van der Waals surface area (Å²) in [6, 6.07) is 3.11. The van der Waals surface area contributed by atoms with E-state index in [9.17, 15) is 8.22 Å². The number of hydrogen-bond donors (Lipinski definition) is 0. The Balaban J connectivity index is 4.68. The Morgan fingerprint density at radius 1 is 1.45 bits per heavy atom. The van der Waals surface area contributed by atoms with Gasteiger partial charge in [0, 0.05) is 0 Å². The van der Waals surface area contributed by atoms with Crippen molar-refractivity contribution in [2.75, 3.05) is 0 Å². The SMILES string of the molecule is CC(C#N)(CC#N)[Si](C)(F)F. The fourth-order valence-corrected chi connectivity index (χ4v) is 1.04. The maximum absolute atomic E-state index is 12.7. The minimum Gasteiger partial charge on any atom is -0.269 e. The third-order valence-electron chi connectivity index (χ3n) is 1.65. The summed E-state index contributed by atoms with van der Waals surface area (Å²) in [5.41, 5.74) is 0. The van der Waals surface area contributed by atoms with Crippen LogP contribution in [0.25, 0.3) is 0 Å². The third-order valence-corrected chi connectivity index (χ3v) is 3.87. The monoisotopic (exact) mass is 174 g/mol. The van der Waals surface area contributed by atoms with Crippen molar-refractivity contribution in [2.24, 2.45) is 0 Å². The number of nitriles is 2. The van der Waals surface area contributed by atoms with E-state index < -0.39 is 13.8 Å². The van der Waals surface area contributed by atoms with Crippen molar-refractivity contribution < 1.29 is 8.22 Å². The molecule has 0 aromatic carbocycles. The molecule has 0 bridgehead atoms. The van der Waals surface area contributed by atoms with Crippen molar-refractivity contribution in [1.82, 2.24) is 0 Å². The summed E-state index contributed by atoms with van der Waals surface area (Å²) in [4.78, 5) is 0. The fourth-order valence-electron chi connectivity index (χ4n) is 0.451. The maximum atomic E-state index is 12.7. The lowest BCUT2D eigenvalue weighted by atomic mass is 10.1. The number of halogens is 2. The largest absolute Gasteiger partial charge is 0.442 e. The molecule has 0 aromatic heterocycles. The Morgan fingerprint density at radius 2 is 1.91 bits per heavy atom. The molecule has 0 aliphatic carbocycles. The molecule has 0 rings (SSSR count). The number of rotatable bonds is 2. The highest BCUT2D eigenvalue weighted by atomic mass is 28.4. The van der Waals surface area contributed by atoms with E-state index in [1.165, 1.54) is 6.07 Å². The van der Waals surface area contributed by atoms with Crippen LogP contribution >= 0.6 is 0 Å². The minimum absolute atomic E-state index is 0.390. The van der Waals surface area contributed by atoms with Crippen LogP contribution in [0.2, 0.25) is 11.6 Å². The number of hydrogen-bond acceptors (Lipinski definition) is 2. The average molecular weight is 174 g/mol. The van der Waals surface area contributed by atoms with Gasteiger partial charge in [-0.2, -0.15) is 10.5 Å². The second kappa shape index (κ2) is 2.98. The van der Waals surface area contributed by atoms with Crippen molar-refractivity contribution in [3.63, 3.8) is 0 Å². The molecular formula is C6H8F2N2Si. The van der Waals surface area contributed by atoms with Gasteiger partial charge in [-0.25, -0.2) is 0 Å². The first-order valence-electron chi connectivity index (χ1n) is 3.03. The highest BCUT2D eigenvalue weighted by molar-refractivity contribution is 6.68. The first kappa shape index (κ1) is 10.1. The maximum Gasteiger partial charge on any atom is 0.442 e. The van der Waals surface area contributed by atoms with Gasteiger partial charge in [0.25, 0.3) is 0 Å². The highest BCUT2D eigenvalue weighted by Gasteiger charge is 2.51. The zero-order chi connectivity index (χ0) is 9.12. The van der Waals surface area contributed by atoms with Crippen LogP contribution in [-0.4, -0.2) is 8.74 Å². The molecule has 0 aliphatic rings. The Morgan fingerprint density at radius 3 is 2.00 bits per heavy atom. The van der Waals surface area contributed by atoms with Gasteiger partial charge in [0.15, 0.2) is 0 Å². The quantitative estimate of drug-likeness (QED) is 0.476. The van der Waals surface area contributed by atoms with Gasteiger partial charge in [-0.15, -0.1) is 0 Å². The van der Waals surface area contributed by atoms with Gasteiger partial charge in [-0.1, -0.05) is 0 Å². The molecule has 1 unspecified atom stereocenters. The molecule has 0 amide bonds. The topological polar surface area (TPSA) is 47.6 Å². The lowest BCUT2D eigenvalue weighted by Crippen LogP contribution is -2.33. The van der Waals surface area contributed by atoms with Crippen molar-refractivity contribution in [3.8, 4) is 12.1 Å². The molecule has 0 N–H and O–H groups in total. The summed E-state index contributed by atoms with van der Waals surface area (Å²) in [6.07, 6.45) is -0.390. The molecule has 2 nitrogen and oxygen atoms in total. The fraction of sp³-hybridized carbons (Fsp3) is 0.667. The Bertz CT molecular complexity index is 222. The second-order valence-electron chi connectivity index (χ2n) is 2.67. The predicted octanol–water partition coefficient (Wildman–Crippen LogP) is 2.19. The summed E-state index contributed by atoms with van der Waals surface area (Å²) in [6.45, 7) is 1.93. The van der Waals surface area contributed by atoms with E-state index in [1.54, 1.807) is 6.07 Å². The van der Waals surface area contributed by atoms with Crippen molar-refractivity contribution >= 4 is 8.74 Å². The predicted molar refractivity (Wildman–Crippen MR) is 38.0 cm³/mol. The van der Waals surface area contributed by atoms with E-state index in [2.05, 4.69) is 0 Å². The summed E-state index contributed by atoms with van der Waals surface area (Å²) in [5.74, 6) is 0. The molecule has 5 heteroatoms. The lowest BCUT2D eigenvalue weighted by Gasteiger charge is -2.22.